The van der Waals surface area contributed by atoms with Crippen LogP contribution >= 0.6 is 0 Å². The minimum atomic E-state index is -5.14. The minimum absolute atomic E-state index is 0.264. The van der Waals surface area contributed by atoms with E-state index in [9.17, 15) is 26.3 Å². The quantitative estimate of drug-likeness (QED) is 0.491. The van der Waals surface area contributed by atoms with E-state index in [4.69, 9.17) is 4.74 Å². The normalized spacial score (nSPS) is 12.5. The van der Waals surface area contributed by atoms with E-state index in [2.05, 4.69) is 29.8 Å². The van der Waals surface area contributed by atoms with Crippen molar-refractivity contribution in [1.82, 2.24) is 29.8 Å². The van der Waals surface area contributed by atoms with E-state index in [-0.39, 0.29) is 4.80 Å². The molecule has 0 fully saturated rings. The van der Waals surface area contributed by atoms with Gasteiger partial charge in [-0.25, -0.2) is 9.67 Å². The molecule has 0 saturated heterocycles. The largest absolute Gasteiger partial charge is 0.574 e. The van der Waals surface area contributed by atoms with Crippen molar-refractivity contribution in [2.75, 3.05) is 7.11 Å². The molecule has 0 aliphatic carbocycles. The summed E-state index contributed by atoms with van der Waals surface area (Å²) < 4.78 is 87.8. The molecule has 0 unspecified atom stereocenters. The highest BCUT2D eigenvalue weighted by molar-refractivity contribution is 5.62. The average Bonchev–Trinajstić information content (AvgIpc) is 3.29. The third kappa shape index (κ3) is 6.44. The molecule has 15 heteroatoms. The smallest absolute Gasteiger partial charge is 0.497 e. The predicted molar refractivity (Wildman–Crippen MR) is 95.8 cm³/mol. The molecule has 0 aliphatic rings. The van der Waals surface area contributed by atoms with Gasteiger partial charge in [-0.15, -0.1) is 41.6 Å². The molecule has 0 N–H and O–H groups in total. The van der Waals surface area contributed by atoms with Crippen LogP contribution in [-0.4, -0.2) is 49.6 Å². The van der Waals surface area contributed by atoms with Crippen LogP contribution in [0.1, 0.15) is 11.3 Å². The number of benzene rings is 1. The van der Waals surface area contributed by atoms with Crippen molar-refractivity contribution in [2.24, 2.45) is 0 Å². The maximum atomic E-state index is 12.6. The lowest BCUT2D eigenvalue weighted by molar-refractivity contribution is -0.340. The summed E-state index contributed by atoms with van der Waals surface area (Å²) in [6, 6.07) is 5.29. The fourth-order valence-corrected chi connectivity index (χ4v) is 2.44. The first kappa shape index (κ1) is 23.1. The molecule has 0 aliphatic heterocycles. The summed E-state index contributed by atoms with van der Waals surface area (Å²) in [6.45, 7) is 0.575. The summed E-state index contributed by atoms with van der Waals surface area (Å²) in [5.74, 6) is -0.188. The number of methoxy groups -OCH3 is 1. The number of rotatable bonds is 7. The van der Waals surface area contributed by atoms with Gasteiger partial charge in [0.1, 0.15) is 12.1 Å². The Morgan fingerprint density at radius 1 is 1.00 bits per heavy atom. The summed E-state index contributed by atoms with van der Waals surface area (Å²) in [6.07, 6.45) is -6.72. The molecule has 0 radical (unpaired) electrons. The number of ether oxygens (including phenoxy) is 3. The topological polar surface area (TPSA) is 89.1 Å². The number of hydrogen-bond acceptors (Lipinski definition) is 7. The van der Waals surface area contributed by atoms with Crippen LogP contribution in [-0.2, 0) is 11.5 Å². The summed E-state index contributed by atoms with van der Waals surface area (Å²) in [5, 5.41) is 10.9. The molecule has 3 rings (SSSR count). The van der Waals surface area contributed by atoms with Gasteiger partial charge >= 0.3 is 12.7 Å². The van der Waals surface area contributed by atoms with Gasteiger partial charge in [0.2, 0.25) is 0 Å². The number of hydrogen-bond donors (Lipinski definition) is 0. The molecular weight excluding hydrogens is 450 g/mol. The third-order valence-corrected chi connectivity index (χ3v) is 3.64. The second kappa shape index (κ2) is 8.86. The Bertz CT molecular complexity index is 1110. The van der Waals surface area contributed by atoms with E-state index in [1.165, 1.54) is 19.6 Å². The van der Waals surface area contributed by atoms with Gasteiger partial charge < -0.3 is 9.47 Å². The van der Waals surface area contributed by atoms with Crippen LogP contribution in [0.2, 0.25) is 0 Å². The van der Waals surface area contributed by atoms with E-state index in [1.807, 2.05) is 6.92 Å². The fraction of sp³-hybridized carbons (Fsp3) is 0.294. The van der Waals surface area contributed by atoms with Gasteiger partial charge in [-0.3, -0.25) is 4.74 Å². The van der Waals surface area contributed by atoms with Gasteiger partial charge in [0.15, 0.2) is 18.2 Å². The van der Waals surface area contributed by atoms with Crippen LogP contribution in [0, 0.1) is 6.92 Å². The van der Waals surface area contributed by atoms with Gasteiger partial charge in [-0.05, 0) is 36.8 Å². The Morgan fingerprint density at radius 2 is 1.75 bits per heavy atom. The molecule has 2 heterocycles. The zero-order valence-corrected chi connectivity index (χ0v) is 16.3. The van der Waals surface area contributed by atoms with Gasteiger partial charge in [-0.2, -0.15) is 4.80 Å². The number of aromatic nitrogens is 6. The van der Waals surface area contributed by atoms with E-state index >= 15 is 0 Å². The van der Waals surface area contributed by atoms with Gasteiger partial charge in [0.25, 0.3) is 5.88 Å². The van der Waals surface area contributed by atoms with Crippen molar-refractivity contribution in [3.63, 3.8) is 0 Å². The minimum Gasteiger partial charge on any atom is -0.497 e. The third-order valence-electron chi connectivity index (χ3n) is 3.64. The van der Waals surface area contributed by atoms with Crippen LogP contribution in [0.5, 0.6) is 11.6 Å². The van der Waals surface area contributed by atoms with Gasteiger partial charge in [-0.1, -0.05) is 0 Å². The van der Waals surface area contributed by atoms with E-state index in [0.29, 0.717) is 17.1 Å². The summed E-state index contributed by atoms with van der Waals surface area (Å²) in [7, 11) is 1.50. The van der Waals surface area contributed by atoms with Crippen molar-refractivity contribution >= 4 is 12.3 Å². The highest BCUT2D eigenvalue weighted by Gasteiger charge is 2.34. The second-order valence-corrected chi connectivity index (χ2v) is 6.13. The predicted octanol–water partition coefficient (Wildman–Crippen LogP) is 3.87. The van der Waals surface area contributed by atoms with Crippen molar-refractivity contribution in [2.45, 2.75) is 26.4 Å². The Balaban J connectivity index is 1.83. The molecule has 0 bridgehead atoms. The Morgan fingerprint density at radius 3 is 2.41 bits per heavy atom. The zero-order chi connectivity index (χ0) is 23.5. The molecule has 0 saturated carbocycles. The maximum Gasteiger partial charge on any atom is 0.574 e. The second-order valence-electron chi connectivity index (χ2n) is 6.13. The molecule has 1 aromatic carbocycles. The fourth-order valence-electron chi connectivity index (χ4n) is 2.44. The van der Waals surface area contributed by atoms with Crippen LogP contribution in [0.4, 0.5) is 26.3 Å². The lowest BCUT2D eigenvalue weighted by Gasteiger charge is -2.06. The maximum absolute atomic E-state index is 12.6. The monoisotopic (exact) mass is 464 g/mol. The van der Waals surface area contributed by atoms with E-state index < -0.39 is 31.0 Å². The first-order chi connectivity index (χ1) is 14.9. The first-order valence-corrected chi connectivity index (χ1v) is 8.59. The number of nitrogens with zero attached hydrogens (tertiary/aromatic N) is 6. The summed E-state index contributed by atoms with van der Waals surface area (Å²) in [5.41, 5.74) is 1.01. The zero-order valence-electron chi connectivity index (χ0n) is 16.3. The highest BCUT2D eigenvalue weighted by atomic mass is 19.4. The van der Waals surface area contributed by atoms with Crippen LogP contribution in [0.25, 0.3) is 23.7 Å². The van der Waals surface area contributed by atoms with Crippen LogP contribution in [0.15, 0.2) is 24.5 Å². The molecule has 172 valence electrons. The van der Waals surface area contributed by atoms with Crippen molar-refractivity contribution in [3.05, 3.63) is 35.8 Å². The number of aryl methyl sites for hydroxylation is 1. The van der Waals surface area contributed by atoms with Crippen molar-refractivity contribution in [1.29, 1.82) is 0 Å². The number of halogens is 6. The molecule has 2 aromatic heterocycles. The molecule has 32 heavy (non-hydrogen) atoms. The lowest BCUT2D eigenvalue weighted by atomic mass is 10.1. The molecule has 9 nitrogen and oxygen atoms in total. The summed E-state index contributed by atoms with van der Waals surface area (Å²) >= 11 is 0. The van der Waals surface area contributed by atoms with Gasteiger partial charge in [0.05, 0.1) is 7.11 Å². The van der Waals surface area contributed by atoms with E-state index in [1.54, 1.807) is 18.2 Å². The molecule has 0 spiro atoms. The van der Waals surface area contributed by atoms with Crippen molar-refractivity contribution in [3.8, 4) is 23.0 Å². The molecule has 0 atom stereocenters. The van der Waals surface area contributed by atoms with Crippen molar-refractivity contribution < 1.29 is 40.6 Å². The van der Waals surface area contributed by atoms with Crippen LogP contribution in [0.3, 0.4) is 0 Å². The lowest BCUT2D eigenvalue weighted by Crippen LogP contribution is -2.19. The van der Waals surface area contributed by atoms with Gasteiger partial charge in [0, 0.05) is 11.8 Å². The SMILES string of the molecule is COc1cc(C)cc(-c2ncn(/C=C\c3nn(COC(F)(F)F)nc3OC(F)(F)F)n2)c1. The van der Waals surface area contributed by atoms with E-state index in [0.717, 1.165) is 16.3 Å². The Hall–Kier alpha value is -3.62. The Labute approximate surface area is 175 Å². The van der Waals surface area contributed by atoms with Crippen LogP contribution < -0.4 is 9.47 Å². The highest BCUT2D eigenvalue weighted by Crippen LogP contribution is 2.26. The Kier molecular flexibility index (Phi) is 6.38. The molecular formula is C17H14F6N6O3. The first-order valence-electron chi connectivity index (χ1n) is 8.59. The number of alkyl halides is 6. The molecule has 3 aromatic rings. The summed E-state index contributed by atoms with van der Waals surface area (Å²) in [4.78, 5) is 4.37. The molecule has 0 amide bonds. The average molecular weight is 464 g/mol. The standard InChI is InChI=1S/C17H14F6N6O3/c1-10-5-11(7-12(6-10)30-2)14-24-8-28(26-14)4-3-13-15(32-17(21,22)23)27-29(25-13)9-31-16(18,19)20/h3-8H,9H2,1-2H3/b4-3-.